The van der Waals surface area contributed by atoms with E-state index in [0.29, 0.717) is 12.2 Å². The number of amides is 1. The number of nitrogens with one attached hydrogen (secondary N) is 1. The molecule has 0 radical (unpaired) electrons. The normalized spacial score (nSPS) is 12.1. The zero-order valence-electron chi connectivity index (χ0n) is 10.3. The number of carboxylic acid groups (broad SMARTS) is 1. The summed E-state index contributed by atoms with van der Waals surface area (Å²) in [6, 6.07) is 1.25. The van der Waals surface area contributed by atoms with E-state index in [1.807, 2.05) is 0 Å². The molecule has 7 heteroatoms. The number of aliphatic carboxylic acids is 1. The molecule has 0 bridgehead atoms. The first-order chi connectivity index (χ1) is 8.52. The Balaban J connectivity index is 2.45. The number of rotatable bonds is 7. The maximum absolute atomic E-state index is 11.7. The summed E-state index contributed by atoms with van der Waals surface area (Å²) in [5.41, 5.74) is 0.157. The van der Waals surface area contributed by atoms with Crippen LogP contribution in [0.2, 0.25) is 0 Å². The van der Waals surface area contributed by atoms with Crippen molar-refractivity contribution in [1.29, 1.82) is 0 Å². The van der Waals surface area contributed by atoms with Crippen molar-refractivity contribution < 1.29 is 24.0 Å². The third-order valence-electron chi connectivity index (χ3n) is 2.25. The van der Waals surface area contributed by atoms with Gasteiger partial charge in [-0.1, -0.05) is 5.16 Å². The Hall–Kier alpha value is -1.89. The van der Waals surface area contributed by atoms with E-state index < -0.39 is 5.97 Å². The lowest BCUT2D eigenvalue weighted by atomic mass is 10.2. The predicted molar refractivity (Wildman–Crippen MR) is 61.0 cm³/mol. The first kappa shape index (κ1) is 14.2. The van der Waals surface area contributed by atoms with Gasteiger partial charge in [-0.05, 0) is 13.3 Å². The van der Waals surface area contributed by atoms with E-state index in [1.165, 1.54) is 13.2 Å². The van der Waals surface area contributed by atoms with Gasteiger partial charge in [-0.15, -0.1) is 0 Å². The molecule has 0 saturated carbocycles. The monoisotopic (exact) mass is 256 g/mol. The van der Waals surface area contributed by atoms with Gasteiger partial charge in [-0.3, -0.25) is 9.59 Å². The molecule has 1 unspecified atom stereocenters. The van der Waals surface area contributed by atoms with Crippen LogP contribution in [-0.4, -0.2) is 35.3 Å². The van der Waals surface area contributed by atoms with E-state index in [-0.39, 0.29) is 30.7 Å². The van der Waals surface area contributed by atoms with Gasteiger partial charge in [-0.25, -0.2) is 0 Å². The molecule has 0 saturated heterocycles. The molecule has 1 rings (SSSR count). The van der Waals surface area contributed by atoms with E-state index in [2.05, 4.69) is 10.5 Å². The second-order valence-corrected chi connectivity index (χ2v) is 3.92. The molecule has 7 nitrogen and oxygen atoms in total. The van der Waals surface area contributed by atoms with Gasteiger partial charge >= 0.3 is 5.97 Å². The van der Waals surface area contributed by atoms with Crippen LogP contribution in [0.3, 0.4) is 0 Å². The molecule has 1 atom stereocenters. The second-order valence-electron chi connectivity index (χ2n) is 3.92. The van der Waals surface area contributed by atoms with Crippen molar-refractivity contribution in [1.82, 2.24) is 10.5 Å². The molecule has 1 amide bonds. The quantitative estimate of drug-likeness (QED) is 0.748. The number of carbonyl (C=O) groups excluding carboxylic acids is 1. The summed E-state index contributed by atoms with van der Waals surface area (Å²) >= 11 is 0. The van der Waals surface area contributed by atoms with Crippen molar-refractivity contribution in [2.24, 2.45) is 0 Å². The van der Waals surface area contributed by atoms with Crippen molar-refractivity contribution in [2.75, 3.05) is 7.11 Å². The van der Waals surface area contributed by atoms with Crippen LogP contribution in [-0.2, 0) is 16.1 Å². The highest BCUT2D eigenvalue weighted by Crippen LogP contribution is 2.05. The Labute approximate surface area is 104 Å². The molecule has 2 N–H and O–H groups in total. The number of nitrogens with zero attached hydrogens (tertiary/aromatic N) is 1. The molecular formula is C11H16N2O5. The fourth-order valence-corrected chi connectivity index (χ4v) is 1.34. The molecule has 18 heavy (non-hydrogen) atoms. The summed E-state index contributed by atoms with van der Waals surface area (Å²) in [6.07, 6.45) is 0.374. The number of carbonyl (C=O) groups is 2. The smallest absolute Gasteiger partial charge is 0.303 e. The fourth-order valence-electron chi connectivity index (χ4n) is 1.34. The maximum Gasteiger partial charge on any atom is 0.303 e. The minimum atomic E-state index is -0.889. The highest BCUT2D eigenvalue weighted by atomic mass is 16.5. The van der Waals surface area contributed by atoms with Crippen LogP contribution in [0.25, 0.3) is 0 Å². The highest BCUT2D eigenvalue weighted by molar-refractivity contribution is 5.92. The van der Waals surface area contributed by atoms with Crippen molar-refractivity contribution in [2.45, 2.75) is 32.4 Å². The molecule has 0 spiro atoms. The lowest BCUT2D eigenvalue weighted by Crippen LogP contribution is -2.33. The lowest BCUT2D eigenvalue weighted by molar-refractivity contribution is -0.137. The molecule has 0 fully saturated rings. The molecule has 1 heterocycles. The predicted octanol–water partition coefficient (Wildman–Crippen LogP) is 0.804. The average Bonchev–Trinajstić information content (AvgIpc) is 2.75. The van der Waals surface area contributed by atoms with E-state index in [1.54, 1.807) is 6.92 Å². The minimum absolute atomic E-state index is 0.00911. The topological polar surface area (TPSA) is 102 Å². The van der Waals surface area contributed by atoms with Crippen molar-refractivity contribution in [3.63, 3.8) is 0 Å². The molecule has 0 aliphatic rings. The van der Waals surface area contributed by atoms with Crippen LogP contribution < -0.4 is 5.32 Å². The highest BCUT2D eigenvalue weighted by Gasteiger charge is 2.15. The zero-order valence-corrected chi connectivity index (χ0v) is 10.3. The lowest BCUT2D eigenvalue weighted by Gasteiger charge is -2.10. The molecule has 0 aliphatic heterocycles. The maximum atomic E-state index is 11.7. The summed E-state index contributed by atoms with van der Waals surface area (Å²) in [7, 11) is 1.51. The van der Waals surface area contributed by atoms with Gasteiger partial charge < -0.3 is 19.7 Å². The third kappa shape index (κ3) is 4.54. The number of hydrogen-bond donors (Lipinski definition) is 2. The standard InChI is InChI=1S/C11H16N2O5/c1-7(3-4-10(14)15)12-11(16)9-5-8(6-17-2)18-13-9/h5,7H,3-4,6H2,1-2H3,(H,12,16)(H,14,15). The molecule has 0 aliphatic carbocycles. The Bertz CT molecular complexity index is 415. The number of hydrogen-bond acceptors (Lipinski definition) is 5. The third-order valence-corrected chi connectivity index (χ3v) is 2.25. The van der Waals surface area contributed by atoms with E-state index in [9.17, 15) is 9.59 Å². The van der Waals surface area contributed by atoms with E-state index in [0.717, 1.165) is 0 Å². The Morgan fingerprint density at radius 3 is 2.94 bits per heavy atom. The summed E-state index contributed by atoms with van der Waals surface area (Å²) in [4.78, 5) is 22.1. The van der Waals surface area contributed by atoms with Crippen LogP contribution in [0, 0.1) is 0 Å². The number of aromatic nitrogens is 1. The van der Waals surface area contributed by atoms with Gasteiger partial charge in [0.2, 0.25) is 0 Å². The van der Waals surface area contributed by atoms with E-state index >= 15 is 0 Å². The number of carboxylic acids is 1. The summed E-state index contributed by atoms with van der Waals surface area (Å²) in [6.45, 7) is 1.98. The molecule has 100 valence electrons. The van der Waals surface area contributed by atoms with Gasteiger partial charge in [0.1, 0.15) is 6.61 Å². The van der Waals surface area contributed by atoms with Gasteiger partial charge in [0, 0.05) is 25.6 Å². The van der Waals surface area contributed by atoms with Gasteiger partial charge in [0.25, 0.3) is 5.91 Å². The first-order valence-electron chi connectivity index (χ1n) is 5.50. The second kappa shape index (κ2) is 6.75. The average molecular weight is 256 g/mol. The van der Waals surface area contributed by atoms with E-state index in [4.69, 9.17) is 14.4 Å². The largest absolute Gasteiger partial charge is 0.481 e. The zero-order chi connectivity index (χ0) is 13.5. The van der Waals surface area contributed by atoms with Crippen LogP contribution in [0.4, 0.5) is 0 Å². The van der Waals surface area contributed by atoms with Crippen LogP contribution >= 0.6 is 0 Å². The van der Waals surface area contributed by atoms with Gasteiger partial charge in [0.05, 0.1) is 0 Å². The molecular weight excluding hydrogens is 240 g/mol. The van der Waals surface area contributed by atoms with Gasteiger partial charge in [-0.2, -0.15) is 0 Å². The molecule has 1 aromatic rings. The fraction of sp³-hybridized carbons (Fsp3) is 0.545. The minimum Gasteiger partial charge on any atom is -0.481 e. The van der Waals surface area contributed by atoms with Crippen molar-refractivity contribution >= 4 is 11.9 Å². The van der Waals surface area contributed by atoms with Crippen molar-refractivity contribution in [3.8, 4) is 0 Å². The summed E-state index contributed by atoms with van der Waals surface area (Å²) in [5.74, 6) is -0.820. The molecule has 0 aromatic carbocycles. The summed E-state index contributed by atoms with van der Waals surface area (Å²) in [5, 5.41) is 14.8. The Morgan fingerprint density at radius 2 is 2.33 bits per heavy atom. The first-order valence-corrected chi connectivity index (χ1v) is 5.50. The number of methoxy groups -OCH3 is 1. The SMILES string of the molecule is COCc1cc(C(=O)NC(C)CCC(=O)O)no1. The van der Waals surface area contributed by atoms with Crippen molar-refractivity contribution in [3.05, 3.63) is 17.5 Å². The van der Waals surface area contributed by atoms with Crippen LogP contribution in [0.15, 0.2) is 10.6 Å². The van der Waals surface area contributed by atoms with Gasteiger partial charge in [0.15, 0.2) is 11.5 Å². The number of ether oxygens (including phenoxy) is 1. The summed E-state index contributed by atoms with van der Waals surface area (Å²) < 4.78 is 9.71. The Kier molecular flexibility index (Phi) is 5.31. The van der Waals surface area contributed by atoms with Crippen LogP contribution in [0.5, 0.6) is 0 Å². The van der Waals surface area contributed by atoms with Crippen LogP contribution in [0.1, 0.15) is 36.0 Å². The molecule has 1 aromatic heterocycles. The Morgan fingerprint density at radius 1 is 1.61 bits per heavy atom.